The van der Waals surface area contributed by atoms with Crippen molar-refractivity contribution >= 4 is 17.4 Å². The third kappa shape index (κ3) is 4.72. The Morgan fingerprint density at radius 3 is 2.64 bits per heavy atom. The van der Waals surface area contributed by atoms with Crippen LogP contribution in [0.4, 0.5) is 5.69 Å². The van der Waals surface area contributed by atoms with Crippen molar-refractivity contribution in [2.24, 2.45) is 0 Å². The van der Waals surface area contributed by atoms with E-state index in [4.69, 9.17) is 14.2 Å². The van der Waals surface area contributed by atoms with Crippen molar-refractivity contribution in [1.82, 2.24) is 0 Å². The van der Waals surface area contributed by atoms with E-state index in [9.17, 15) is 19.7 Å². The zero-order valence-corrected chi connectivity index (χ0v) is 15.3. The number of ketones is 1. The van der Waals surface area contributed by atoms with Crippen LogP contribution in [0.2, 0.25) is 0 Å². The number of nitrogens with zero attached hydrogens (tertiary/aromatic N) is 1. The molecule has 2 aromatic rings. The Balaban J connectivity index is 1.59. The largest absolute Gasteiger partial charge is 0.467 e. The lowest BCUT2D eigenvalue weighted by molar-refractivity contribution is -0.385. The second-order valence-corrected chi connectivity index (χ2v) is 6.41. The summed E-state index contributed by atoms with van der Waals surface area (Å²) in [4.78, 5) is 34.7. The highest BCUT2D eigenvalue weighted by Crippen LogP contribution is 2.33. The van der Waals surface area contributed by atoms with Crippen molar-refractivity contribution in [3.05, 3.63) is 68.8 Å². The van der Waals surface area contributed by atoms with Gasteiger partial charge in [-0.2, -0.15) is 0 Å². The van der Waals surface area contributed by atoms with Gasteiger partial charge in [0.05, 0.1) is 18.0 Å². The third-order valence-corrected chi connectivity index (χ3v) is 4.30. The van der Waals surface area contributed by atoms with Crippen LogP contribution in [0, 0.1) is 17.0 Å². The standard InChI is InChI=1S/C20H19NO7/c1-13-2-4-14(5-3-13)18(22)6-7-19(23)27-11-16-9-17(21(24)25)8-15-10-26-12-28-20(15)16/h2-5,8-9H,6-7,10-12H2,1H3. The average molecular weight is 385 g/mol. The number of benzene rings is 2. The van der Waals surface area contributed by atoms with Crippen LogP contribution in [0.5, 0.6) is 5.75 Å². The van der Waals surface area contributed by atoms with E-state index in [0.29, 0.717) is 22.4 Å². The molecule has 1 heterocycles. The molecule has 8 nitrogen and oxygen atoms in total. The minimum Gasteiger partial charge on any atom is -0.467 e. The minimum absolute atomic E-state index is 0.0246. The van der Waals surface area contributed by atoms with Crippen molar-refractivity contribution in [1.29, 1.82) is 0 Å². The predicted molar refractivity (Wildman–Crippen MR) is 97.9 cm³/mol. The Morgan fingerprint density at radius 2 is 1.93 bits per heavy atom. The van der Waals surface area contributed by atoms with Crippen LogP contribution in [-0.4, -0.2) is 23.5 Å². The van der Waals surface area contributed by atoms with Crippen LogP contribution < -0.4 is 4.74 Å². The lowest BCUT2D eigenvalue weighted by Crippen LogP contribution is -2.15. The molecular weight excluding hydrogens is 366 g/mol. The lowest BCUT2D eigenvalue weighted by Gasteiger charge is -2.20. The molecule has 0 aliphatic carbocycles. The number of hydrogen-bond donors (Lipinski definition) is 0. The van der Waals surface area contributed by atoms with E-state index in [1.165, 1.54) is 12.1 Å². The zero-order chi connectivity index (χ0) is 20.1. The highest BCUT2D eigenvalue weighted by Gasteiger charge is 2.22. The average Bonchev–Trinajstić information content (AvgIpc) is 2.70. The summed E-state index contributed by atoms with van der Waals surface area (Å²) in [6.07, 6.45) is -0.0485. The van der Waals surface area contributed by atoms with Crippen molar-refractivity contribution in [2.75, 3.05) is 6.79 Å². The molecule has 28 heavy (non-hydrogen) atoms. The molecule has 1 aliphatic heterocycles. The first-order valence-corrected chi connectivity index (χ1v) is 8.70. The number of aryl methyl sites for hydroxylation is 1. The summed E-state index contributed by atoms with van der Waals surface area (Å²) in [5.74, 6) is -0.279. The number of Topliss-reactive ketones (excluding diaryl/α,β-unsaturated/α-hetero) is 1. The fraction of sp³-hybridized carbons (Fsp3) is 0.300. The maximum absolute atomic E-state index is 12.1. The van der Waals surface area contributed by atoms with Gasteiger partial charge in [-0.15, -0.1) is 0 Å². The van der Waals surface area contributed by atoms with Crippen LogP contribution >= 0.6 is 0 Å². The van der Waals surface area contributed by atoms with Crippen LogP contribution in [0.3, 0.4) is 0 Å². The van der Waals surface area contributed by atoms with Crippen LogP contribution in [0.25, 0.3) is 0 Å². The fourth-order valence-corrected chi connectivity index (χ4v) is 2.82. The molecule has 0 saturated carbocycles. The Labute approximate surface area is 161 Å². The number of nitro groups is 1. The molecule has 0 bridgehead atoms. The first-order valence-electron chi connectivity index (χ1n) is 8.70. The van der Waals surface area contributed by atoms with Gasteiger partial charge in [0, 0.05) is 35.2 Å². The monoisotopic (exact) mass is 385 g/mol. The van der Waals surface area contributed by atoms with Crippen molar-refractivity contribution in [3.8, 4) is 5.75 Å². The molecule has 0 radical (unpaired) electrons. The van der Waals surface area contributed by atoms with E-state index in [2.05, 4.69) is 0 Å². The molecule has 0 aromatic heterocycles. The summed E-state index contributed by atoms with van der Waals surface area (Å²) in [6, 6.07) is 9.80. The van der Waals surface area contributed by atoms with Gasteiger partial charge in [-0.1, -0.05) is 29.8 Å². The molecule has 0 N–H and O–H groups in total. The van der Waals surface area contributed by atoms with Crippen molar-refractivity contribution in [2.45, 2.75) is 33.0 Å². The molecule has 0 spiro atoms. The van der Waals surface area contributed by atoms with Gasteiger partial charge in [-0.05, 0) is 6.92 Å². The molecular formula is C20H19NO7. The molecule has 0 atom stereocenters. The van der Waals surface area contributed by atoms with Gasteiger partial charge in [0.15, 0.2) is 12.6 Å². The number of rotatable bonds is 7. The number of ether oxygens (including phenoxy) is 3. The molecule has 0 fully saturated rings. The highest BCUT2D eigenvalue weighted by molar-refractivity contribution is 5.97. The predicted octanol–water partition coefficient (Wildman–Crippen LogP) is 3.48. The number of esters is 1. The van der Waals surface area contributed by atoms with Crippen LogP contribution in [0.1, 0.15) is 39.9 Å². The second kappa shape index (κ2) is 8.62. The minimum atomic E-state index is -0.562. The number of fused-ring (bicyclic) bond motifs is 1. The first kappa shape index (κ1) is 19.5. The normalized spacial score (nSPS) is 12.6. The number of non-ortho nitro benzene ring substituents is 1. The maximum Gasteiger partial charge on any atom is 0.306 e. The molecule has 1 aliphatic rings. The van der Waals surface area contributed by atoms with Gasteiger partial charge < -0.3 is 14.2 Å². The molecule has 0 saturated heterocycles. The topological polar surface area (TPSA) is 105 Å². The first-order chi connectivity index (χ1) is 13.4. The van der Waals surface area contributed by atoms with Crippen LogP contribution in [0.15, 0.2) is 36.4 Å². The molecule has 3 rings (SSSR count). The Kier molecular flexibility index (Phi) is 6.00. The van der Waals surface area contributed by atoms with E-state index >= 15 is 0 Å². The van der Waals surface area contributed by atoms with E-state index in [0.717, 1.165) is 5.56 Å². The Morgan fingerprint density at radius 1 is 1.18 bits per heavy atom. The summed E-state index contributed by atoms with van der Waals surface area (Å²) >= 11 is 0. The lowest BCUT2D eigenvalue weighted by atomic mass is 10.1. The number of carbonyl (C=O) groups excluding carboxylic acids is 2. The Hall–Kier alpha value is -3.26. The molecule has 0 unspecified atom stereocenters. The van der Waals surface area contributed by atoms with Crippen molar-refractivity contribution in [3.63, 3.8) is 0 Å². The second-order valence-electron chi connectivity index (χ2n) is 6.41. The molecule has 8 heteroatoms. The van der Waals surface area contributed by atoms with Gasteiger partial charge in [0.1, 0.15) is 12.4 Å². The summed E-state index contributed by atoms with van der Waals surface area (Å²) in [6.45, 7) is 1.95. The van der Waals surface area contributed by atoms with Crippen molar-refractivity contribution < 1.29 is 28.7 Å². The zero-order valence-electron chi connectivity index (χ0n) is 15.3. The van der Waals surface area contributed by atoms with E-state index in [-0.39, 0.29) is 44.3 Å². The van der Waals surface area contributed by atoms with Gasteiger partial charge >= 0.3 is 5.97 Å². The van der Waals surface area contributed by atoms with E-state index in [1.807, 2.05) is 19.1 Å². The number of carbonyl (C=O) groups is 2. The SMILES string of the molecule is Cc1ccc(C(=O)CCC(=O)OCc2cc([N+](=O)[O-])cc3c2OCOC3)cc1. The quantitative estimate of drug-likeness (QED) is 0.311. The van der Waals surface area contributed by atoms with Gasteiger partial charge in [-0.3, -0.25) is 19.7 Å². The number of nitro benzene ring substituents is 1. The molecule has 0 amide bonds. The summed E-state index contributed by atoms with van der Waals surface area (Å²) < 4.78 is 15.7. The van der Waals surface area contributed by atoms with Gasteiger partial charge in [0.25, 0.3) is 5.69 Å². The maximum atomic E-state index is 12.1. The molecule has 146 valence electrons. The Bertz CT molecular complexity index is 906. The summed E-state index contributed by atoms with van der Waals surface area (Å²) in [5, 5.41) is 11.1. The van der Waals surface area contributed by atoms with Gasteiger partial charge in [-0.25, -0.2) is 0 Å². The summed E-state index contributed by atoms with van der Waals surface area (Å²) in [5.41, 5.74) is 2.38. The molecule has 2 aromatic carbocycles. The summed E-state index contributed by atoms with van der Waals surface area (Å²) in [7, 11) is 0. The third-order valence-electron chi connectivity index (χ3n) is 4.30. The van der Waals surface area contributed by atoms with Gasteiger partial charge in [0.2, 0.25) is 0 Å². The number of hydrogen-bond acceptors (Lipinski definition) is 7. The highest BCUT2D eigenvalue weighted by atomic mass is 16.7. The van der Waals surface area contributed by atoms with E-state index < -0.39 is 10.9 Å². The van der Waals surface area contributed by atoms with E-state index in [1.54, 1.807) is 12.1 Å². The smallest absolute Gasteiger partial charge is 0.306 e. The fourth-order valence-electron chi connectivity index (χ4n) is 2.82. The van der Waals surface area contributed by atoms with Crippen LogP contribution in [-0.2, 0) is 27.5 Å².